The number of allylic oxidation sites excluding steroid dienone is 3. The molecule has 0 unspecified atom stereocenters. The molecular formula is C31H53NO8. The lowest BCUT2D eigenvalue weighted by Gasteiger charge is -2.35. The molecule has 2 saturated heterocycles. The van der Waals surface area contributed by atoms with Crippen molar-refractivity contribution in [3.63, 3.8) is 0 Å². The minimum Gasteiger partial charge on any atom is -0.467 e. The van der Waals surface area contributed by atoms with Crippen LogP contribution in [0.4, 0.5) is 0 Å². The van der Waals surface area contributed by atoms with Gasteiger partial charge in [0.05, 0.1) is 49.7 Å². The minimum absolute atomic E-state index is 0.0565. The van der Waals surface area contributed by atoms with Gasteiger partial charge in [0.1, 0.15) is 6.04 Å². The highest BCUT2D eigenvalue weighted by atomic mass is 16.6. The van der Waals surface area contributed by atoms with Gasteiger partial charge in [-0.3, -0.25) is 4.79 Å². The van der Waals surface area contributed by atoms with Gasteiger partial charge in [0, 0.05) is 19.6 Å². The normalized spacial score (nSPS) is 30.8. The Kier molecular flexibility index (Phi) is 13.8. The van der Waals surface area contributed by atoms with Gasteiger partial charge in [-0.25, -0.2) is 4.79 Å². The van der Waals surface area contributed by atoms with Gasteiger partial charge in [-0.05, 0) is 70.3 Å². The second-order valence-electron chi connectivity index (χ2n) is 12.1. The molecule has 230 valence electrons. The van der Waals surface area contributed by atoms with E-state index >= 15 is 0 Å². The number of ether oxygens (including phenoxy) is 4. The van der Waals surface area contributed by atoms with Crippen molar-refractivity contribution in [1.29, 1.82) is 0 Å². The van der Waals surface area contributed by atoms with Crippen molar-refractivity contribution in [2.75, 3.05) is 20.8 Å². The van der Waals surface area contributed by atoms with Crippen LogP contribution in [0.2, 0.25) is 0 Å². The first-order valence-electron chi connectivity index (χ1n) is 14.7. The van der Waals surface area contributed by atoms with Gasteiger partial charge >= 0.3 is 5.97 Å². The van der Waals surface area contributed by atoms with E-state index in [4.69, 9.17) is 24.1 Å². The maximum absolute atomic E-state index is 12.7. The number of hydrogen-bond donors (Lipinski definition) is 3. The molecule has 2 heterocycles. The first-order chi connectivity index (χ1) is 18.9. The smallest absolute Gasteiger partial charge is 0.328 e. The molecule has 9 nitrogen and oxygen atoms in total. The summed E-state index contributed by atoms with van der Waals surface area (Å²) in [6, 6.07) is -0.766. The fraction of sp³-hybridized carbons (Fsp3) is 0.806. The van der Waals surface area contributed by atoms with Crippen molar-refractivity contribution in [1.82, 2.24) is 5.32 Å². The van der Waals surface area contributed by atoms with Crippen LogP contribution in [-0.2, 0) is 28.5 Å². The van der Waals surface area contributed by atoms with Crippen LogP contribution in [0.25, 0.3) is 0 Å². The molecule has 9 heteroatoms. The van der Waals surface area contributed by atoms with Gasteiger partial charge in [0.25, 0.3) is 0 Å². The fourth-order valence-corrected chi connectivity index (χ4v) is 6.17. The average Bonchev–Trinajstić information content (AvgIpc) is 3.57. The fourth-order valence-electron chi connectivity index (χ4n) is 6.17. The Hall–Kier alpha value is -1.78. The van der Waals surface area contributed by atoms with Crippen LogP contribution in [-0.4, -0.2) is 85.1 Å². The predicted molar refractivity (Wildman–Crippen MR) is 154 cm³/mol. The summed E-state index contributed by atoms with van der Waals surface area (Å²) < 4.78 is 22.7. The number of aliphatic hydroxyl groups is 2. The van der Waals surface area contributed by atoms with Gasteiger partial charge in [0.2, 0.25) is 5.91 Å². The first kappa shape index (κ1) is 34.4. The zero-order valence-corrected chi connectivity index (χ0v) is 25.7. The van der Waals surface area contributed by atoms with Crippen LogP contribution >= 0.6 is 0 Å². The summed E-state index contributed by atoms with van der Waals surface area (Å²) in [6.07, 6.45) is 8.79. The van der Waals surface area contributed by atoms with Gasteiger partial charge < -0.3 is 34.5 Å². The highest BCUT2D eigenvalue weighted by Crippen LogP contribution is 2.47. The summed E-state index contributed by atoms with van der Waals surface area (Å²) in [5.74, 6) is -0.0364. The number of hydrogen-bond acceptors (Lipinski definition) is 8. The number of carbonyl (C=O) groups is 2. The summed E-state index contributed by atoms with van der Waals surface area (Å²) in [6.45, 7) is 12.3. The molecule has 0 spiro atoms. The molecule has 2 rings (SSSR count). The summed E-state index contributed by atoms with van der Waals surface area (Å²) in [4.78, 5) is 24.6. The molecular weight excluding hydrogens is 514 g/mol. The highest BCUT2D eigenvalue weighted by molar-refractivity contribution is 5.84. The predicted octanol–water partition coefficient (Wildman–Crippen LogP) is 3.71. The monoisotopic (exact) mass is 567 g/mol. The molecule has 0 aliphatic carbocycles. The lowest BCUT2D eigenvalue weighted by molar-refractivity contribution is -0.146. The SMILES string of the molecule is COC(=O)[C@H](CCCO)NC(=O)C[C@H]1CC[C@H](C)[C@@H](/C(C)=C/C=C/[C@@H](C)C[C@@]2(C)O[C@@H]2[C@H](C)[C@@H](OC)[C@@H](C)O)O1. The van der Waals surface area contributed by atoms with Crippen LogP contribution in [0.15, 0.2) is 23.8 Å². The zero-order valence-electron chi connectivity index (χ0n) is 25.7. The van der Waals surface area contributed by atoms with Crippen molar-refractivity contribution in [2.24, 2.45) is 17.8 Å². The Morgan fingerprint density at radius 2 is 1.90 bits per heavy atom. The number of nitrogens with one attached hydrogen (secondary N) is 1. The van der Waals surface area contributed by atoms with E-state index in [2.05, 4.69) is 58.2 Å². The summed E-state index contributed by atoms with van der Waals surface area (Å²) >= 11 is 0. The van der Waals surface area contributed by atoms with E-state index in [-0.39, 0.29) is 54.9 Å². The zero-order chi connectivity index (χ0) is 30.0. The molecule has 1 amide bonds. The van der Waals surface area contributed by atoms with Crippen LogP contribution < -0.4 is 5.32 Å². The number of methoxy groups -OCH3 is 2. The molecule has 0 bridgehead atoms. The maximum Gasteiger partial charge on any atom is 0.328 e. The lowest BCUT2D eigenvalue weighted by atomic mass is 9.85. The number of aliphatic hydroxyl groups excluding tert-OH is 2. The number of amides is 1. The van der Waals surface area contributed by atoms with Crippen molar-refractivity contribution in [3.05, 3.63) is 23.8 Å². The van der Waals surface area contributed by atoms with E-state index < -0.39 is 18.1 Å². The average molecular weight is 568 g/mol. The Morgan fingerprint density at radius 1 is 1.20 bits per heavy atom. The van der Waals surface area contributed by atoms with Crippen LogP contribution in [0.1, 0.15) is 80.1 Å². The third-order valence-corrected chi connectivity index (χ3v) is 8.34. The Labute approximate surface area is 240 Å². The largest absolute Gasteiger partial charge is 0.467 e. The second kappa shape index (κ2) is 16.0. The summed E-state index contributed by atoms with van der Waals surface area (Å²) in [7, 11) is 2.91. The Bertz CT molecular complexity index is 873. The topological polar surface area (TPSA) is 127 Å². The quantitative estimate of drug-likeness (QED) is 0.146. The first-order valence-corrected chi connectivity index (χ1v) is 14.7. The molecule has 10 atom stereocenters. The molecule has 0 aromatic carbocycles. The van der Waals surface area contributed by atoms with Crippen molar-refractivity contribution < 1.29 is 38.7 Å². The molecule has 2 aliphatic heterocycles. The van der Waals surface area contributed by atoms with Crippen LogP contribution in [0.3, 0.4) is 0 Å². The third kappa shape index (κ3) is 9.94. The third-order valence-electron chi connectivity index (χ3n) is 8.34. The number of rotatable bonds is 16. The molecule has 40 heavy (non-hydrogen) atoms. The standard InChI is InChI=1S/C31H53NO8/c1-19(18-31(6)29(40-31)22(4)28(37-7)23(5)34)11-9-12-20(2)27-21(3)14-15-24(39-27)17-26(35)32-25(13-10-16-33)30(36)38-8/h9,11-12,19,21-25,27-29,33-34H,10,13-18H2,1-8H3,(H,32,35)/b11-9+,20-12+/t19-,21+,22-,23-,24-,25+,27-,28-,29-,31-/m1/s1. The van der Waals surface area contributed by atoms with Gasteiger partial charge in [0.15, 0.2) is 0 Å². The second-order valence-corrected chi connectivity index (χ2v) is 12.1. The van der Waals surface area contributed by atoms with E-state index in [1.54, 1.807) is 14.0 Å². The van der Waals surface area contributed by atoms with Crippen LogP contribution in [0.5, 0.6) is 0 Å². The Balaban J connectivity index is 1.90. The lowest BCUT2D eigenvalue weighted by Crippen LogP contribution is -2.44. The van der Waals surface area contributed by atoms with E-state index in [1.165, 1.54) is 7.11 Å². The molecule has 3 N–H and O–H groups in total. The van der Waals surface area contributed by atoms with Crippen molar-refractivity contribution >= 4 is 11.9 Å². The molecule has 2 aliphatic rings. The number of esters is 1. The van der Waals surface area contributed by atoms with E-state index in [0.717, 1.165) is 24.8 Å². The van der Waals surface area contributed by atoms with E-state index in [9.17, 15) is 14.7 Å². The molecule has 0 radical (unpaired) electrons. The maximum atomic E-state index is 12.7. The summed E-state index contributed by atoms with van der Waals surface area (Å²) in [5, 5.41) is 21.8. The van der Waals surface area contributed by atoms with E-state index in [1.807, 2.05) is 0 Å². The van der Waals surface area contributed by atoms with Gasteiger partial charge in [-0.2, -0.15) is 0 Å². The Morgan fingerprint density at radius 3 is 2.50 bits per heavy atom. The minimum atomic E-state index is -0.766. The highest BCUT2D eigenvalue weighted by Gasteiger charge is 2.56. The molecule has 0 saturated carbocycles. The van der Waals surface area contributed by atoms with Crippen LogP contribution in [0, 0.1) is 17.8 Å². The summed E-state index contributed by atoms with van der Waals surface area (Å²) in [5.41, 5.74) is 0.879. The number of epoxide rings is 1. The van der Waals surface area contributed by atoms with Gasteiger partial charge in [-0.1, -0.05) is 39.0 Å². The van der Waals surface area contributed by atoms with E-state index in [0.29, 0.717) is 24.7 Å². The van der Waals surface area contributed by atoms with Gasteiger partial charge in [-0.15, -0.1) is 0 Å². The van der Waals surface area contributed by atoms with Crippen molar-refractivity contribution in [3.8, 4) is 0 Å². The molecule has 0 aromatic rings. The number of carbonyl (C=O) groups excluding carboxylic acids is 2. The van der Waals surface area contributed by atoms with Crippen molar-refractivity contribution in [2.45, 2.75) is 122 Å². The molecule has 0 aromatic heterocycles. The molecule has 2 fully saturated rings.